The van der Waals surface area contributed by atoms with Crippen molar-refractivity contribution in [3.63, 3.8) is 0 Å². The second-order valence-corrected chi connectivity index (χ2v) is 10.1. The first-order valence-corrected chi connectivity index (χ1v) is 12.0. The number of likely N-dealkylation sites (tertiary alicyclic amines) is 1. The zero-order valence-corrected chi connectivity index (χ0v) is 19.1. The normalized spacial score (nSPS) is 22.5. The molecule has 2 fully saturated rings. The van der Waals surface area contributed by atoms with Crippen molar-refractivity contribution in [1.82, 2.24) is 34.4 Å². The van der Waals surface area contributed by atoms with Gasteiger partial charge in [0, 0.05) is 45.0 Å². The predicted molar refractivity (Wildman–Crippen MR) is 121 cm³/mol. The third kappa shape index (κ3) is 3.88. The second-order valence-electron chi connectivity index (χ2n) is 9.71. The van der Waals surface area contributed by atoms with Gasteiger partial charge in [-0.25, -0.2) is 4.98 Å². The van der Waals surface area contributed by atoms with Crippen LogP contribution in [-0.2, 0) is 13.0 Å². The number of amides is 2. The van der Waals surface area contributed by atoms with Gasteiger partial charge < -0.3 is 19.2 Å². The van der Waals surface area contributed by atoms with Crippen LogP contribution in [0.15, 0.2) is 24.5 Å². The maximum Gasteiger partial charge on any atom is 0.289 e. The summed E-state index contributed by atoms with van der Waals surface area (Å²) in [5, 5.41) is 12.1. The van der Waals surface area contributed by atoms with E-state index in [1.807, 2.05) is 15.5 Å². The van der Waals surface area contributed by atoms with Crippen molar-refractivity contribution in [2.75, 3.05) is 19.6 Å². The van der Waals surface area contributed by atoms with Gasteiger partial charge in [-0.1, -0.05) is 11.6 Å². The van der Waals surface area contributed by atoms with E-state index in [-0.39, 0.29) is 17.2 Å². The molecule has 0 radical (unpaired) electrons. The molecule has 3 aliphatic rings. The van der Waals surface area contributed by atoms with Crippen molar-refractivity contribution >= 4 is 29.1 Å². The Morgan fingerprint density at radius 1 is 1.12 bits per heavy atom. The molecule has 1 atom stereocenters. The molecule has 1 unspecified atom stereocenters. The number of carbonyl (C=O) groups is 2. The van der Waals surface area contributed by atoms with E-state index in [1.165, 1.54) is 12.8 Å². The molecular formula is C23H26ClN7O2. The molecule has 1 saturated heterocycles. The van der Waals surface area contributed by atoms with E-state index in [4.69, 9.17) is 11.6 Å². The lowest BCUT2D eigenvalue weighted by Gasteiger charge is -2.27. The zero-order valence-electron chi connectivity index (χ0n) is 18.3. The molecule has 0 bridgehead atoms. The summed E-state index contributed by atoms with van der Waals surface area (Å²) in [5.41, 5.74) is 1.17. The number of hydrogen-bond acceptors (Lipinski definition) is 5. The Labute approximate surface area is 196 Å². The number of fused-ring (bicyclic) bond motifs is 2. The number of imidazole rings is 1. The van der Waals surface area contributed by atoms with Crippen LogP contribution in [-0.4, -0.2) is 60.5 Å². The minimum absolute atomic E-state index is 0.0284. The Kier molecular flexibility index (Phi) is 4.90. The van der Waals surface area contributed by atoms with Gasteiger partial charge in [0.25, 0.3) is 11.8 Å². The molecule has 1 N–H and O–H groups in total. The highest BCUT2D eigenvalue weighted by Crippen LogP contribution is 2.41. The number of hydrogen-bond donors (Lipinski definition) is 1. The largest absolute Gasteiger partial charge is 0.349 e. The first-order valence-electron chi connectivity index (χ1n) is 11.6. The van der Waals surface area contributed by atoms with E-state index < -0.39 is 0 Å². The monoisotopic (exact) mass is 467 g/mol. The average Bonchev–Trinajstić information content (AvgIpc) is 3.25. The van der Waals surface area contributed by atoms with Crippen molar-refractivity contribution in [2.24, 2.45) is 11.3 Å². The van der Waals surface area contributed by atoms with Crippen molar-refractivity contribution in [3.8, 4) is 0 Å². The van der Waals surface area contributed by atoms with Crippen LogP contribution < -0.4 is 5.32 Å². The molecule has 3 aromatic heterocycles. The van der Waals surface area contributed by atoms with Gasteiger partial charge in [-0.3, -0.25) is 9.59 Å². The molecule has 10 heteroatoms. The SMILES string of the molecule is O=C(NCC1CC1)c1nnc2n1CCC1(CC2)CCN(C(=O)c2cn3cc(Cl)ccc3n2)C1. The predicted octanol–water partition coefficient (Wildman–Crippen LogP) is 2.59. The summed E-state index contributed by atoms with van der Waals surface area (Å²) in [6.45, 7) is 2.82. The third-order valence-corrected chi connectivity index (χ3v) is 7.61. The molecule has 1 spiro atoms. The topological polar surface area (TPSA) is 97.4 Å². The van der Waals surface area contributed by atoms with E-state index in [1.54, 1.807) is 22.9 Å². The second kappa shape index (κ2) is 7.83. The lowest BCUT2D eigenvalue weighted by Crippen LogP contribution is -2.33. The van der Waals surface area contributed by atoms with Gasteiger partial charge in [0.1, 0.15) is 17.2 Å². The van der Waals surface area contributed by atoms with E-state index in [9.17, 15) is 9.59 Å². The maximum absolute atomic E-state index is 13.2. The van der Waals surface area contributed by atoms with Crippen LogP contribution in [0.1, 0.15) is 59.0 Å². The highest BCUT2D eigenvalue weighted by molar-refractivity contribution is 6.30. The number of carbonyl (C=O) groups excluding carboxylic acids is 2. The van der Waals surface area contributed by atoms with E-state index >= 15 is 0 Å². The van der Waals surface area contributed by atoms with Gasteiger partial charge in [-0.15, -0.1) is 10.2 Å². The van der Waals surface area contributed by atoms with Crippen LogP contribution in [0.2, 0.25) is 5.02 Å². The number of aryl methyl sites for hydroxylation is 1. The Hall–Kier alpha value is -2.94. The van der Waals surface area contributed by atoms with Gasteiger partial charge in [0.05, 0.1) is 5.02 Å². The number of halogens is 1. The van der Waals surface area contributed by atoms with Gasteiger partial charge in [0.15, 0.2) is 0 Å². The van der Waals surface area contributed by atoms with Gasteiger partial charge in [-0.2, -0.15) is 0 Å². The quantitative estimate of drug-likeness (QED) is 0.636. The molecule has 9 nitrogen and oxygen atoms in total. The first kappa shape index (κ1) is 20.7. The fraction of sp³-hybridized carbons (Fsp3) is 0.522. The Morgan fingerprint density at radius 3 is 2.82 bits per heavy atom. The molecule has 1 aliphatic carbocycles. The average molecular weight is 468 g/mol. The van der Waals surface area contributed by atoms with Crippen LogP contribution in [0, 0.1) is 11.3 Å². The van der Waals surface area contributed by atoms with Crippen LogP contribution in [0.5, 0.6) is 0 Å². The minimum atomic E-state index is -0.133. The van der Waals surface area contributed by atoms with E-state index in [0.29, 0.717) is 47.7 Å². The highest BCUT2D eigenvalue weighted by Gasteiger charge is 2.42. The lowest BCUT2D eigenvalue weighted by atomic mass is 9.80. The zero-order chi connectivity index (χ0) is 22.6. The van der Waals surface area contributed by atoms with Gasteiger partial charge in [0.2, 0.25) is 5.82 Å². The molecule has 5 heterocycles. The molecule has 3 aromatic rings. The number of aromatic nitrogens is 5. The maximum atomic E-state index is 13.2. The highest BCUT2D eigenvalue weighted by atomic mass is 35.5. The smallest absolute Gasteiger partial charge is 0.289 e. The lowest BCUT2D eigenvalue weighted by molar-refractivity contribution is 0.0762. The summed E-state index contributed by atoms with van der Waals surface area (Å²) in [4.78, 5) is 32.2. The third-order valence-electron chi connectivity index (χ3n) is 7.38. The number of rotatable bonds is 4. The molecule has 2 aliphatic heterocycles. The van der Waals surface area contributed by atoms with Crippen LogP contribution >= 0.6 is 11.6 Å². The van der Waals surface area contributed by atoms with Crippen molar-refractivity contribution in [2.45, 2.75) is 45.1 Å². The number of nitrogens with one attached hydrogen (secondary N) is 1. The summed E-state index contributed by atoms with van der Waals surface area (Å²) in [7, 11) is 0. The van der Waals surface area contributed by atoms with Crippen molar-refractivity contribution in [3.05, 3.63) is 46.9 Å². The minimum Gasteiger partial charge on any atom is -0.349 e. The van der Waals surface area contributed by atoms with Crippen LogP contribution in [0.4, 0.5) is 0 Å². The van der Waals surface area contributed by atoms with Crippen LogP contribution in [0.3, 0.4) is 0 Å². The summed E-state index contributed by atoms with van der Waals surface area (Å²) in [6.07, 6.45) is 9.42. The molecule has 172 valence electrons. The molecular weight excluding hydrogens is 442 g/mol. The Balaban J connectivity index is 1.14. The molecule has 0 aromatic carbocycles. The van der Waals surface area contributed by atoms with Gasteiger partial charge in [-0.05, 0) is 55.6 Å². The fourth-order valence-electron chi connectivity index (χ4n) is 5.16. The van der Waals surface area contributed by atoms with E-state index in [0.717, 1.165) is 38.1 Å². The van der Waals surface area contributed by atoms with Crippen molar-refractivity contribution < 1.29 is 9.59 Å². The Morgan fingerprint density at radius 2 is 1.97 bits per heavy atom. The van der Waals surface area contributed by atoms with Crippen molar-refractivity contribution in [1.29, 1.82) is 0 Å². The molecule has 2 amide bonds. The molecule has 6 rings (SSSR count). The Bertz CT molecular complexity index is 1250. The summed E-state index contributed by atoms with van der Waals surface area (Å²) in [5.74, 6) is 1.72. The van der Waals surface area contributed by atoms with Crippen LogP contribution in [0.25, 0.3) is 5.65 Å². The fourth-order valence-corrected chi connectivity index (χ4v) is 5.33. The summed E-state index contributed by atoms with van der Waals surface area (Å²) >= 11 is 6.06. The summed E-state index contributed by atoms with van der Waals surface area (Å²) < 4.78 is 3.77. The van der Waals surface area contributed by atoms with E-state index in [2.05, 4.69) is 20.5 Å². The molecule has 33 heavy (non-hydrogen) atoms. The molecule has 1 saturated carbocycles. The van der Waals surface area contributed by atoms with Gasteiger partial charge >= 0.3 is 0 Å². The summed E-state index contributed by atoms with van der Waals surface area (Å²) in [6, 6.07) is 3.58. The number of pyridine rings is 1. The number of nitrogens with zero attached hydrogens (tertiary/aromatic N) is 6. The first-order chi connectivity index (χ1) is 16.0. The standard InChI is InChI=1S/C23H26ClN7O2/c24-16-3-4-18-26-17(13-30(18)12-16)22(33)29-9-7-23(14-29)6-5-19-27-28-20(31(19)10-8-23)21(32)25-11-15-1-2-15/h3-4,12-13,15H,1-2,5-11,14H2,(H,25,32).